The van der Waals surface area contributed by atoms with Crippen LogP contribution in [0.4, 0.5) is 0 Å². The van der Waals surface area contributed by atoms with E-state index in [2.05, 4.69) is 10.6 Å². The van der Waals surface area contributed by atoms with Gasteiger partial charge in [-0.05, 0) is 43.5 Å². The van der Waals surface area contributed by atoms with E-state index in [9.17, 15) is 39.0 Å². The molecule has 0 aliphatic carbocycles. The first-order valence-corrected chi connectivity index (χ1v) is 12.2. The molecule has 4 amide bonds. The topological polar surface area (TPSA) is 277 Å². The number of nitrogens with two attached hydrogens (primary N) is 3. The Labute approximate surface area is 224 Å². The maximum absolute atomic E-state index is 13.3. The smallest absolute Gasteiger partial charge is 0.326 e. The summed E-state index contributed by atoms with van der Waals surface area (Å²) in [5.41, 5.74) is 17.1. The molecule has 0 aliphatic rings. The van der Waals surface area contributed by atoms with Crippen LogP contribution in [0, 0.1) is 0 Å². The molecule has 216 valence electrons. The number of rotatable bonds is 18. The van der Waals surface area contributed by atoms with E-state index < -0.39 is 66.2 Å². The minimum atomic E-state index is -1.80. The highest BCUT2D eigenvalue weighted by Crippen LogP contribution is 2.12. The van der Waals surface area contributed by atoms with Crippen LogP contribution in [0.5, 0.6) is 5.75 Å². The normalized spacial score (nSPS) is 13.8. The molecule has 0 radical (unpaired) electrons. The first-order chi connectivity index (χ1) is 18.3. The van der Waals surface area contributed by atoms with Gasteiger partial charge in [-0.15, -0.1) is 0 Å². The van der Waals surface area contributed by atoms with E-state index in [-0.39, 0.29) is 25.0 Å². The van der Waals surface area contributed by atoms with Crippen LogP contribution < -0.4 is 33.2 Å². The Kier molecular flexibility index (Phi) is 13.9. The molecule has 0 bridgehead atoms. The summed E-state index contributed by atoms with van der Waals surface area (Å²) in [5, 5.41) is 34.6. The van der Waals surface area contributed by atoms with Gasteiger partial charge in [0.05, 0.1) is 12.5 Å². The summed E-state index contributed by atoms with van der Waals surface area (Å²) in [5.74, 6) is -6.50. The third-order valence-electron chi connectivity index (χ3n) is 5.62. The van der Waals surface area contributed by atoms with Gasteiger partial charge >= 0.3 is 11.9 Å². The van der Waals surface area contributed by atoms with Gasteiger partial charge < -0.3 is 48.5 Å². The van der Waals surface area contributed by atoms with Crippen molar-refractivity contribution in [2.24, 2.45) is 17.2 Å². The molecular formula is C24H36N6O9. The van der Waals surface area contributed by atoms with Crippen LogP contribution >= 0.6 is 0 Å². The second-order valence-electron chi connectivity index (χ2n) is 8.89. The predicted octanol–water partition coefficient (Wildman–Crippen LogP) is -2.33. The quantitative estimate of drug-likeness (QED) is 0.0871. The van der Waals surface area contributed by atoms with Crippen LogP contribution in [0.25, 0.3) is 0 Å². The number of benzene rings is 1. The molecule has 39 heavy (non-hydrogen) atoms. The lowest BCUT2D eigenvalue weighted by atomic mass is 10.0. The Hall–Kier alpha value is -4.24. The average Bonchev–Trinajstić information content (AvgIpc) is 2.86. The Bertz CT molecular complexity index is 1020. The van der Waals surface area contributed by atoms with E-state index in [1.807, 2.05) is 5.32 Å². The summed E-state index contributed by atoms with van der Waals surface area (Å²) < 4.78 is 0. The van der Waals surface area contributed by atoms with Gasteiger partial charge in [0.25, 0.3) is 0 Å². The van der Waals surface area contributed by atoms with Gasteiger partial charge in [-0.1, -0.05) is 18.6 Å². The molecule has 1 rings (SSSR count). The van der Waals surface area contributed by atoms with Crippen molar-refractivity contribution in [2.45, 2.75) is 69.1 Å². The molecule has 0 saturated carbocycles. The van der Waals surface area contributed by atoms with E-state index in [0.717, 1.165) is 0 Å². The van der Waals surface area contributed by atoms with Crippen molar-refractivity contribution < 1.29 is 44.1 Å². The van der Waals surface area contributed by atoms with E-state index in [1.165, 1.54) is 24.3 Å². The van der Waals surface area contributed by atoms with Crippen molar-refractivity contribution in [1.29, 1.82) is 0 Å². The molecule has 1 aromatic rings. The molecule has 15 nitrogen and oxygen atoms in total. The van der Waals surface area contributed by atoms with Gasteiger partial charge in [0.1, 0.15) is 23.9 Å². The number of phenolic OH excluding ortho intramolecular Hbond substituents is 1. The molecule has 12 N–H and O–H groups in total. The molecule has 0 heterocycles. The maximum atomic E-state index is 13.3. The van der Waals surface area contributed by atoms with Crippen molar-refractivity contribution in [2.75, 3.05) is 6.54 Å². The zero-order chi connectivity index (χ0) is 29.5. The van der Waals surface area contributed by atoms with Crippen molar-refractivity contribution in [3.63, 3.8) is 0 Å². The number of carbonyl (C=O) groups is 6. The van der Waals surface area contributed by atoms with Gasteiger partial charge in [-0.2, -0.15) is 0 Å². The molecule has 4 atom stereocenters. The average molecular weight is 553 g/mol. The van der Waals surface area contributed by atoms with Gasteiger partial charge in [0, 0.05) is 12.8 Å². The SMILES string of the molecule is NCCCCC(N)C(=O)NC(Cc1ccc(O)cc1)C(=O)NC(CCC(N)=O)C(=O)NC(CC(=O)O)C(=O)O. The summed E-state index contributed by atoms with van der Waals surface area (Å²) >= 11 is 0. The van der Waals surface area contributed by atoms with Gasteiger partial charge in [-0.25, -0.2) is 4.79 Å². The van der Waals surface area contributed by atoms with Crippen LogP contribution in [0.15, 0.2) is 24.3 Å². The molecule has 1 aromatic carbocycles. The van der Waals surface area contributed by atoms with Crippen molar-refractivity contribution >= 4 is 35.6 Å². The molecule has 0 fully saturated rings. The minimum Gasteiger partial charge on any atom is -0.508 e. The number of hydrogen-bond acceptors (Lipinski definition) is 9. The van der Waals surface area contributed by atoms with Crippen LogP contribution in [0.2, 0.25) is 0 Å². The number of unbranched alkanes of at least 4 members (excludes halogenated alkanes) is 1. The monoisotopic (exact) mass is 552 g/mol. The Balaban J connectivity index is 3.14. The Morgan fingerprint density at radius 3 is 1.90 bits per heavy atom. The molecule has 4 unspecified atom stereocenters. The van der Waals surface area contributed by atoms with E-state index in [1.54, 1.807) is 0 Å². The number of nitrogens with one attached hydrogen (secondary N) is 3. The fraction of sp³-hybridized carbons (Fsp3) is 0.500. The standard InChI is InChI=1S/C24H36N6O9/c25-10-2-1-3-15(26)21(35)29-17(11-13-4-6-14(31)7-5-13)23(37)28-16(8-9-19(27)32)22(36)30-18(24(38)39)12-20(33)34/h4-7,15-18,31H,1-3,8-12,25-26H2,(H2,27,32)(H,28,37)(H,29,35)(H,30,36)(H,33,34)(H,38,39). The van der Waals surface area contributed by atoms with Crippen LogP contribution in [-0.4, -0.2) is 81.6 Å². The number of carboxylic acid groups (broad SMARTS) is 2. The summed E-state index contributed by atoms with van der Waals surface area (Å²) in [6, 6.07) is 0.284. The number of hydrogen-bond donors (Lipinski definition) is 9. The van der Waals surface area contributed by atoms with Crippen LogP contribution in [-0.2, 0) is 35.2 Å². The number of amides is 4. The van der Waals surface area contributed by atoms with E-state index in [4.69, 9.17) is 22.3 Å². The second kappa shape index (κ2) is 16.6. The van der Waals surface area contributed by atoms with Crippen LogP contribution in [0.1, 0.15) is 44.1 Å². The fourth-order valence-electron chi connectivity index (χ4n) is 3.47. The largest absolute Gasteiger partial charge is 0.508 e. The molecule has 0 spiro atoms. The highest BCUT2D eigenvalue weighted by Gasteiger charge is 2.31. The molecule has 0 aliphatic heterocycles. The summed E-state index contributed by atoms with van der Waals surface area (Å²) in [6.07, 6.45) is -0.167. The van der Waals surface area contributed by atoms with Crippen molar-refractivity contribution in [1.82, 2.24) is 16.0 Å². The number of phenols is 1. The summed E-state index contributed by atoms with van der Waals surface area (Å²) in [4.78, 5) is 72.4. The van der Waals surface area contributed by atoms with Crippen molar-refractivity contribution in [3.05, 3.63) is 29.8 Å². The number of aliphatic carboxylic acids is 2. The third-order valence-corrected chi connectivity index (χ3v) is 5.62. The highest BCUT2D eigenvalue weighted by atomic mass is 16.4. The number of carboxylic acids is 2. The number of carbonyl (C=O) groups excluding carboxylic acids is 4. The first kappa shape index (κ1) is 32.8. The van der Waals surface area contributed by atoms with Gasteiger partial charge in [-0.3, -0.25) is 24.0 Å². The highest BCUT2D eigenvalue weighted by molar-refractivity contribution is 5.95. The number of aromatic hydroxyl groups is 1. The lowest BCUT2D eigenvalue weighted by Gasteiger charge is -2.25. The van der Waals surface area contributed by atoms with Gasteiger partial charge in [0.2, 0.25) is 23.6 Å². The Morgan fingerprint density at radius 2 is 1.36 bits per heavy atom. The summed E-state index contributed by atoms with van der Waals surface area (Å²) in [6.45, 7) is 0.421. The zero-order valence-corrected chi connectivity index (χ0v) is 21.3. The maximum Gasteiger partial charge on any atom is 0.326 e. The predicted molar refractivity (Wildman–Crippen MR) is 137 cm³/mol. The van der Waals surface area contributed by atoms with Crippen molar-refractivity contribution in [3.8, 4) is 5.75 Å². The lowest BCUT2D eigenvalue weighted by Crippen LogP contribution is -2.57. The first-order valence-electron chi connectivity index (χ1n) is 12.2. The lowest BCUT2D eigenvalue weighted by molar-refractivity contribution is -0.147. The minimum absolute atomic E-state index is 0.0248. The Morgan fingerprint density at radius 1 is 0.795 bits per heavy atom. The molecule has 0 saturated heterocycles. The van der Waals surface area contributed by atoms with Crippen LogP contribution in [0.3, 0.4) is 0 Å². The van der Waals surface area contributed by atoms with Gasteiger partial charge in [0.15, 0.2) is 0 Å². The molecule has 0 aromatic heterocycles. The second-order valence-corrected chi connectivity index (χ2v) is 8.89. The molecular weight excluding hydrogens is 516 g/mol. The zero-order valence-electron chi connectivity index (χ0n) is 21.3. The third kappa shape index (κ3) is 12.7. The molecule has 15 heteroatoms. The van der Waals surface area contributed by atoms with E-state index >= 15 is 0 Å². The van der Waals surface area contributed by atoms with E-state index in [0.29, 0.717) is 31.4 Å². The fourth-order valence-corrected chi connectivity index (χ4v) is 3.47. The number of primary amides is 1. The summed E-state index contributed by atoms with van der Waals surface area (Å²) in [7, 11) is 0.